The molecule has 118 valence electrons. The maximum Gasteiger partial charge on any atom is 0.242 e. The zero-order valence-electron chi connectivity index (χ0n) is 12.1. The molecule has 1 amide bonds. The van der Waals surface area contributed by atoms with Gasteiger partial charge in [-0.15, -0.1) is 0 Å². The van der Waals surface area contributed by atoms with Crippen LogP contribution in [0.2, 0.25) is 0 Å². The zero-order chi connectivity index (χ0) is 15.9. The lowest BCUT2D eigenvalue weighted by Gasteiger charge is -2.15. The fourth-order valence-electron chi connectivity index (χ4n) is 1.67. The van der Waals surface area contributed by atoms with Crippen molar-refractivity contribution in [3.63, 3.8) is 0 Å². The number of nitrogens with one attached hydrogen (secondary N) is 2. The van der Waals surface area contributed by atoms with Gasteiger partial charge in [0.25, 0.3) is 0 Å². The molecule has 0 heterocycles. The van der Waals surface area contributed by atoms with E-state index in [0.717, 1.165) is 5.75 Å². The van der Waals surface area contributed by atoms with Crippen LogP contribution in [0.1, 0.15) is 13.3 Å². The molecular formula is C13H21N3O3S2. The topological polar surface area (TPSA) is 101 Å². The van der Waals surface area contributed by atoms with Crippen molar-refractivity contribution in [2.75, 3.05) is 23.9 Å². The minimum Gasteiger partial charge on any atom is -0.324 e. The van der Waals surface area contributed by atoms with E-state index in [0.29, 0.717) is 6.42 Å². The molecule has 1 rings (SSSR count). The molecule has 4 N–H and O–H groups in total. The SMILES string of the molecule is CCNS(=O)(=O)c1ccccc1NC(=O)[C@@H](N)CCSC. The van der Waals surface area contributed by atoms with E-state index in [9.17, 15) is 13.2 Å². The molecule has 0 bridgehead atoms. The summed E-state index contributed by atoms with van der Waals surface area (Å²) in [6, 6.07) is 5.60. The standard InChI is InChI=1S/C13H21N3O3S2/c1-3-15-21(18,19)12-7-5-4-6-11(12)16-13(17)10(14)8-9-20-2/h4-7,10,15H,3,8-9,14H2,1-2H3,(H,16,17)/t10-/m0/s1. The largest absolute Gasteiger partial charge is 0.324 e. The number of anilines is 1. The third-order valence-corrected chi connectivity index (χ3v) is 4.99. The van der Waals surface area contributed by atoms with E-state index in [1.54, 1.807) is 36.9 Å². The van der Waals surface area contributed by atoms with Gasteiger partial charge in [-0.25, -0.2) is 13.1 Å². The Morgan fingerprint density at radius 2 is 2.05 bits per heavy atom. The number of hydrogen-bond acceptors (Lipinski definition) is 5. The second kappa shape index (κ2) is 8.38. The lowest BCUT2D eigenvalue weighted by atomic mass is 10.2. The van der Waals surface area contributed by atoms with Gasteiger partial charge in [-0.3, -0.25) is 4.79 Å². The van der Waals surface area contributed by atoms with Crippen molar-refractivity contribution in [3.8, 4) is 0 Å². The molecule has 1 aromatic rings. The summed E-state index contributed by atoms with van der Waals surface area (Å²) in [4.78, 5) is 12.0. The third-order valence-electron chi connectivity index (χ3n) is 2.74. The lowest BCUT2D eigenvalue weighted by molar-refractivity contribution is -0.117. The number of carbonyl (C=O) groups is 1. The molecule has 0 radical (unpaired) electrons. The molecule has 0 aromatic heterocycles. The Morgan fingerprint density at radius 1 is 1.38 bits per heavy atom. The van der Waals surface area contributed by atoms with Gasteiger partial charge in [-0.05, 0) is 30.6 Å². The molecule has 6 nitrogen and oxygen atoms in total. The lowest BCUT2D eigenvalue weighted by Crippen LogP contribution is -2.36. The van der Waals surface area contributed by atoms with E-state index in [1.807, 2.05) is 6.26 Å². The predicted molar refractivity (Wildman–Crippen MR) is 86.9 cm³/mol. The average Bonchev–Trinajstić information content (AvgIpc) is 2.45. The highest BCUT2D eigenvalue weighted by Crippen LogP contribution is 2.20. The quantitative estimate of drug-likeness (QED) is 0.660. The molecule has 0 aliphatic carbocycles. The van der Waals surface area contributed by atoms with Crippen LogP contribution >= 0.6 is 11.8 Å². The van der Waals surface area contributed by atoms with Crippen molar-refractivity contribution >= 4 is 33.4 Å². The molecule has 8 heteroatoms. The number of nitrogens with two attached hydrogens (primary N) is 1. The van der Waals surface area contributed by atoms with Gasteiger partial charge in [0.2, 0.25) is 15.9 Å². The van der Waals surface area contributed by atoms with E-state index in [1.165, 1.54) is 6.07 Å². The summed E-state index contributed by atoms with van der Waals surface area (Å²) in [5.41, 5.74) is 6.02. The predicted octanol–water partition coefficient (Wildman–Crippen LogP) is 1.00. The number of para-hydroxylation sites is 1. The van der Waals surface area contributed by atoms with Crippen molar-refractivity contribution in [2.45, 2.75) is 24.3 Å². The van der Waals surface area contributed by atoms with Crippen LogP contribution in [-0.2, 0) is 14.8 Å². The van der Waals surface area contributed by atoms with Crippen LogP contribution < -0.4 is 15.8 Å². The number of sulfonamides is 1. The first-order valence-corrected chi connectivity index (χ1v) is 9.44. The first-order valence-electron chi connectivity index (χ1n) is 6.56. The van der Waals surface area contributed by atoms with E-state index >= 15 is 0 Å². The summed E-state index contributed by atoms with van der Waals surface area (Å²) in [5, 5.41) is 2.59. The Kier molecular flexibility index (Phi) is 7.16. The molecule has 0 saturated heterocycles. The molecule has 21 heavy (non-hydrogen) atoms. The van der Waals surface area contributed by atoms with Crippen molar-refractivity contribution in [2.24, 2.45) is 5.73 Å². The normalized spacial score (nSPS) is 12.9. The zero-order valence-corrected chi connectivity index (χ0v) is 13.8. The fraction of sp³-hybridized carbons (Fsp3) is 0.462. The van der Waals surface area contributed by atoms with Crippen LogP contribution in [0.25, 0.3) is 0 Å². The monoisotopic (exact) mass is 331 g/mol. The third kappa shape index (κ3) is 5.31. The van der Waals surface area contributed by atoms with Gasteiger partial charge >= 0.3 is 0 Å². The fourth-order valence-corrected chi connectivity index (χ4v) is 3.36. The van der Waals surface area contributed by atoms with Crippen molar-refractivity contribution < 1.29 is 13.2 Å². The Balaban J connectivity index is 2.92. The summed E-state index contributed by atoms with van der Waals surface area (Å²) in [5.74, 6) is 0.384. The summed E-state index contributed by atoms with van der Waals surface area (Å²) in [6.07, 6.45) is 2.47. The number of amides is 1. The molecule has 0 fully saturated rings. The van der Waals surface area contributed by atoms with Gasteiger partial charge in [0.1, 0.15) is 4.90 Å². The molecule has 0 spiro atoms. The van der Waals surface area contributed by atoms with E-state index in [4.69, 9.17) is 5.73 Å². The Bertz CT molecular complexity index is 576. The Hall–Kier alpha value is -1.09. The Labute approximate surface area is 129 Å². The smallest absolute Gasteiger partial charge is 0.242 e. The summed E-state index contributed by atoms with van der Waals surface area (Å²) >= 11 is 1.60. The second-order valence-corrected chi connectivity index (χ2v) is 7.10. The van der Waals surface area contributed by atoms with Crippen LogP contribution in [0.5, 0.6) is 0 Å². The first-order chi connectivity index (χ1) is 9.92. The van der Waals surface area contributed by atoms with E-state index in [-0.39, 0.29) is 23.0 Å². The van der Waals surface area contributed by atoms with Crippen molar-refractivity contribution in [3.05, 3.63) is 24.3 Å². The molecule has 0 aliphatic heterocycles. The molecule has 1 aromatic carbocycles. The van der Waals surface area contributed by atoms with Crippen LogP contribution in [0.4, 0.5) is 5.69 Å². The minimum atomic E-state index is -3.64. The number of benzene rings is 1. The molecular weight excluding hydrogens is 310 g/mol. The summed E-state index contributed by atoms with van der Waals surface area (Å²) in [7, 11) is -3.64. The van der Waals surface area contributed by atoms with Gasteiger partial charge in [0.05, 0.1) is 11.7 Å². The number of thioether (sulfide) groups is 1. The number of hydrogen-bond donors (Lipinski definition) is 3. The maximum absolute atomic E-state index is 12.1. The first kappa shape index (κ1) is 18.0. The minimum absolute atomic E-state index is 0.0391. The Morgan fingerprint density at radius 3 is 2.67 bits per heavy atom. The highest BCUT2D eigenvalue weighted by molar-refractivity contribution is 7.98. The van der Waals surface area contributed by atoms with Crippen molar-refractivity contribution in [1.29, 1.82) is 0 Å². The average molecular weight is 331 g/mol. The molecule has 1 atom stereocenters. The second-order valence-electron chi connectivity index (χ2n) is 4.37. The van der Waals surface area contributed by atoms with E-state index < -0.39 is 16.1 Å². The number of carbonyl (C=O) groups excluding carboxylic acids is 1. The van der Waals surface area contributed by atoms with Gasteiger partial charge in [0, 0.05) is 6.54 Å². The van der Waals surface area contributed by atoms with Gasteiger partial charge in [0.15, 0.2) is 0 Å². The maximum atomic E-state index is 12.1. The summed E-state index contributed by atoms with van der Waals surface area (Å²) in [6.45, 7) is 1.97. The van der Waals surface area contributed by atoms with Crippen LogP contribution in [0, 0.1) is 0 Å². The highest BCUT2D eigenvalue weighted by Gasteiger charge is 2.20. The number of rotatable bonds is 8. The highest BCUT2D eigenvalue weighted by atomic mass is 32.2. The van der Waals surface area contributed by atoms with Crippen LogP contribution in [-0.4, -0.2) is 38.9 Å². The van der Waals surface area contributed by atoms with Crippen molar-refractivity contribution in [1.82, 2.24) is 4.72 Å². The van der Waals surface area contributed by atoms with Crippen LogP contribution in [0.3, 0.4) is 0 Å². The van der Waals surface area contributed by atoms with E-state index in [2.05, 4.69) is 10.0 Å². The molecule has 0 aliphatic rings. The summed E-state index contributed by atoms with van der Waals surface area (Å²) < 4.78 is 26.6. The van der Waals surface area contributed by atoms with Gasteiger partial charge < -0.3 is 11.1 Å². The van der Waals surface area contributed by atoms with Gasteiger partial charge in [-0.1, -0.05) is 19.1 Å². The van der Waals surface area contributed by atoms with Gasteiger partial charge in [-0.2, -0.15) is 11.8 Å². The molecule has 0 saturated carbocycles. The van der Waals surface area contributed by atoms with Crippen LogP contribution in [0.15, 0.2) is 29.2 Å². The molecule has 0 unspecified atom stereocenters.